The lowest BCUT2D eigenvalue weighted by atomic mass is 10.1. The minimum atomic E-state index is -0.689. The van der Waals surface area contributed by atoms with Gasteiger partial charge in [0.15, 0.2) is 5.78 Å². The third kappa shape index (κ3) is 3.95. The average molecular weight is 289 g/mol. The summed E-state index contributed by atoms with van der Waals surface area (Å²) in [5.74, 6) is -1.73. The lowest BCUT2D eigenvalue weighted by molar-refractivity contribution is 0.0938. The Balaban J connectivity index is 2.06. The first kappa shape index (κ1) is 15.3. The van der Waals surface area contributed by atoms with Gasteiger partial charge in [-0.05, 0) is 43.3 Å². The van der Waals surface area contributed by atoms with Gasteiger partial charge in [-0.25, -0.2) is 8.78 Å². The number of ketones is 1. The summed E-state index contributed by atoms with van der Waals surface area (Å²) in [5, 5.41) is 0. The van der Waals surface area contributed by atoms with E-state index in [-0.39, 0.29) is 12.1 Å². The first-order chi connectivity index (χ1) is 9.97. The number of benzene rings is 2. The average Bonchev–Trinajstić information content (AvgIpc) is 2.44. The monoisotopic (exact) mass is 289 g/mol. The zero-order valence-electron chi connectivity index (χ0n) is 12.1. The Labute approximate surface area is 123 Å². The molecule has 0 bridgehead atoms. The van der Waals surface area contributed by atoms with Crippen LogP contribution in [0.1, 0.15) is 21.5 Å². The third-order valence-corrected chi connectivity index (χ3v) is 3.34. The van der Waals surface area contributed by atoms with Crippen molar-refractivity contribution >= 4 is 5.78 Å². The molecule has 4 heteroatoms. The molecule has 2 rings (SSSR count). The van der Waals surface area contributed by atoms with Crippen molar-refractivity contribution in [3.63, 3.8) is 0 Å². The minimum Gasteiger partial charge on any atom is -0.295 e. The van der Waals surface area contributed by atoms with Gasteiger partial charge in [0.2, 0.25) is 0 Å². The van der Waals surface area contributed by atoms with Crippen molar-refractivity contribution in [1.29, 1.82) is 0 Å². The summed E-state index contributed by atoms with van der Waals surface area (Å²) >= 11 is 0. The normalized spacial score (nSPS) is 10.9. The summed E-state index contributed by atoms with van der Waals surface area (Å²) in [6.07, 6.45) is 0. The molecule has 0 aromatic heterocycles. The second-order valence-electron chi connectivity index (χ2n) is 5.15. The number of aryl methyl sites for hydroxylation is 1. The molecule has 0 fully saturated rings. The number of likely N-dealkylation sites (N-methyl/N-ethyl adjacent to an activating group) is 1. The van der Waals surface area contributed by atoms with Crippen LogP contribution in [0.15, 0.2) is 42.5 Å². The Morgan fingerprint density at radius 3 is 2.57 bits per heavy atom. The molecule has 0 saturated carbocycles. The number of nitrogens with zero attached hydrogens (tertiary/aromatic N) is 1. The van der Waals surface area contributed by atoms with Gasteiger partial charge in [0.05, 0.1) is 12.1 Å². The first-order valence-electron chi connectivity index (χ1n) is 6.68. The molecule has 0 aliphatic heterocycles. The molecular weight excluding hydrogens is 272 g/mol. The van der Waals surface area contributed by atoms with Gasteiger partial charge < -0.3 is 0 Å². The highest BCUT2D eigenvalue weighted by molar-refractivity contribution is 5.97. The Morgan fingerprint density at radius 1 is 1.14 bits per heavy atom. The minimum absolute atomic E-state index is 0.0364. The summed E-state index contributed by atoms with van der Waals surface area (Å²) in [5.41, 5.74) is 2.04. The summed E-state index contributed by atoms with van der Waals surface area (Å²) < 4.78 is 26.7. The Morgan fingerprint density at radius 2 is 1.86 bits per heavy atom. The van der Waals surface area contributed by atoms with Gasteiger partial charge in [-0.3, -0.25) is 9.69 Å². The van der Waals surface area contributed by atoms with E-state index in [1.54, 1.807) is 11.9 Å². The van der Waals surface area contributed by atoms with Crippen LogP contribution in [0.25, 0.3) is 0 Å². The van der Waals surface area contributed by atoms with E-state index < -0.39 is 17.4 Å². The third-order valence-electron chi connectivity index (χ3n) is 3.34. The molecule has 2 nitrogen and oxygen atoms in total. The highest BCUT2D eigenvalue weighted by atomic mass is 19.1. The molecule has 0 N–H and O–H groups in total. The predicted molar refractivity (Wildman–Crippen MR) is 78.2 cm³/mol. The fourth-order valence-corrected chi connectivity index (χ4v) is 2.18. The fraction of sp³-hybridized carbons (Fsp3) is 0.235. The Kier molecular flexibility index (Phi) is 4.81. The molecular formula is C17H17F2NO. The topological polar surface area (TPSA) is 20.3 Å². The number of carbonyl (C=O) groups is 1. The predicted octanol–water partition coefficient (Wildman–Crippen LogP) is 3.59. The maximum absolute atomic E-state index is 13.6. The maximum Gasteiger partial charge on any atom is 0.179 e. The van der Waals surface area contributed by atoms with Crippen molar-refractivity contribution in [2.45, 2.75) is 13.5 Å². The highest BCUT2D eigenvalue weighted by Gasteiger charge is 2.15. The molecule has 0 spiro atoms. The number of rotatable bonds is 5. The van der Waals surface area contributed by atoms with Crippen LogP contribution >= 0.6 is 0 Å². The van der Waals surface area contributed by atoms with Crippen molar-refractivity contribution in [3.05, 3.63) is 70.8 Å². The van der Waals surface area contributed by atoms with Crippen LogP contribution in [0.4, 0.5) is 8.78 Å². The molecule has 0 atom stereocenters. The van der Waals surface area contributed by atoms with Crippen molar-refractivity contribution < 1.29 is 13.6 Å². The second kappa shape index (κ2) is 6.59. The number of hydrogen-bond donors (Lipinski definition) is 0. The summed E-state index contributed by atoms with van der Waals surface area (Å²) in [4.78, 5) is 13.8. The number of carbonyl (C=O) groups excluding carboxylic acids is 1. The number of Topliss-reactive ketones (excluding diaryl/α,β-unsaturated/α-hetero) is 1. The zero-order valence-corrected chi connectivity index (χ0v) is 12.1. The van der Waals surface area contributed by atoms with Crippen molar-refractivity contribution in [2.24, 2.45) is 0 Å². The lowest BCUT2D eigenvalue weighted by Gasteiger charge is -2.17. The summed E-state index contributed by atoms with van der Waals surface area (Å²) in [6, 6.07) is 10.8. The molecule has 0 aliphatic carbocycles. The quantitative estimate of drug-likeness (QED) is 0.784. The fourth-order valence-electron chi connectivity index (χ4n) is 2.18. The largest absolute Gasteiger partial charge is 0.295 e. The molecule has 21 heavy (non-hydrogen) atoms. The maximum atomic E-state index is 13.6. The van der Waals surface area contributed by atoms with E-state index >= 15 is 0 Å². The van der Waals surface area contributed by atoms with E-state index in [0.29, 0.717) is 6.54 Å². The van der Waals surface area contributed by atoms with Gasteiger partial charge in [0, 0.05) is 6.54 Å². The lowest BCUT2D eigenvalue weighted by Crippen LogP contribution is -2.26. The molecule has 2 aromatic carbocycles. The van der Waals surface area contributed by atoms with Gasteiger partial charge in [0.25, 0.3) is 0 Å². The van der Waals surface area contributed by atoms with Gasteiger partial charge >= 0.3 is 0 Å². The Bertz CT molecular complexity index is 655. The molecule has 0 heterocycles. The van der Waals surface area contributed by atoms with E-state index in [1.807, 2.05) is 31.2 Å². The van der Waals surface area contributed by atoms with Crippen LogP contribution in [-0.2, 0) is 6.54 Å². The van der Waals surface area contributed by atoms with Gasteiger partial charge in [-0.2, -0.15) is 0 Å². The van der Waals surface area contributed by atoms with E-state index in [4.69, 9.17) is 0 Å². The summed E-state index contributed by atoms with van der Waals surface area (Å²) in [6.45, 7) is 2.61. The smallest absolute Gasteiger partial charge is 0.179 e. The van der Waals surface area contributed by atoms with Crippen LogP contribution < -0.4 is 0 Å². The van der Waals surface area contributed by atoms with E-state index in [2.05, 4.69) is 0 Å². The number of hydrogen-bond acceptors (Lipinski definition) is 2. The molecule has 0 unspecified atom stereocenters. The molecule has 0 aliphatic rings. The van der Waals surface area contributed by atoms with Crippen molar-refractivity contribution in [3.8, 4) is 0 Å². The highest BCUT2D eigenvalue weighted by Crippen LogP contribution is 2.13. The van der Waals surface area contributed by atoms with Crippen LogP contribution in [0.5, 0.6) is 0 Å². The summed E-state index contributed by atoms with van der Waals surface area (Å²) in [7, 11) is 1.78. The standard InChI is InChI=1S/C17H17F2NO/c1-12-5-3-4-6-13(12)10-20(2)11-17(21)15-9-14(18)7-8-16(15)19/h3-9H,10-11H2,1-2H3. The molecule has 110 valence electrons. The SMILES string of the molecule is Cc1ccccc1CN(C)CC(=O)c1cc(F)ccc1F. The molecule has 0 saturated heterocycles. The molecule has 2 aromatic rings. The van der Waals surface area contributed by atoms with Crippen LogP contribution in [0.2, 0.25) is 0 Å². The zero-order chi connectivity index (χ0) is 15.4. The van der Waals surface area contributed by atoms with Crippen LogP contribution in [0.3, 0.4) is 0 Å². The van der Waals surface area contributed by atoms with Gasteiger partial charge in [-0.15, -0.1) is 0 Å². The second-order valence-corrected chi connectivity index (χ2v) is 5.15. The van der Waals surface area contributed by atoms with E-state index in [9.17, 15) is 13.6 Å². The first-order valence-corrected chi connectivity index (χ1v) is 6.68. The van der Waals surface area contributed by atoms with Gasteiger partial charge in [0.1, 0.15) is 11.6 Å². The van der Waals surface area contributed by atoms with Crippen LogP contribution in [-0.4, -0.2) is 24.3 Å². The molecule has 0 radical (unpaired) electrons. The Hall–Kier alpha value is -2.07. The van der Waals surface area contributed by atoms with Crippen molar-refractivity contribution in [1.82, 2.24) is 4.90 Å². The number of halogens is 2. The van der Waals surface area contributed by atoms with E-state index in [0.717, 1.165) is 29.3 Å². The van der Waals surface area contributed by atoms with Crippen LogP contribution in [0, 0.1) is 18.6 Å². The van der Waals surface area contributed by atoms with Gasteiger partial charge in [-0.1, -0.05) is 24.3 Å². The van der Waals surface area contributed by atoms with E-state index in [1.165, 1.54) is 0 Å². The van der Waals surface area contributed by atoms with Crippen molar-refractivity contribution in [2.75, 3.05) is 13.6 Å². The molecule has 0 amide bonds.